The Balaban J connectivity index is 2.00. The Morgan fingerprint density at radius 3 is 2.89 bits per heavy atom. The molecule has 0 aliphatic rings. The van der Waals surface area contributed by atoms with E-state index in [4.69, 9.17) is 5.73 Å². The summed E-state index contributed by atoms with van der Waals surface area (Å²) in [5.41, 5.74) is 7.84. The molecular formula is C13H12BrN3O. The number of aromatic nitrogens is 1. The van der Waals surface area contributed by atoms with E-state index in [2.05, 4.69) is 26.2 Å². The van der Waals surface area contributed by atoms with Gasteiger partial charge in [0, 0.05) is 29.1 Å². The molecule has 0 bridgehead atoms. The zero-order chi connectivity index (χ0) is 13.0. The topological polar surface area (TPSA) is 68.0 Å². The molecule has 5 heteroatoms. The number of anilines is 1. The zero-order valence-electron chi connectivity index (χ0n) is 9.56. The average molecular weight is 306 g/mol. The number of nitrogens with zero attached hydrogens (tertiary/aromatic N) is 1. The smallest absolute Gasteiger partial charge is 0.253 e. The van der Waals surface area contributed by atoms with Gasteiger partial charge in [-0.05, 0) is 39.7 Å². The van der Waals surface area contributed by atoms with Crippen molar-refractivity contribution in [1.82, 2.24) is 10.3 Å². The highest BCUT2D eigenvalue weighted by Crippen LogP contribution is 2.10. The first-order valence-corrected chi connectivity index (χ1v) is 6.17. The van der Waals surface area contributed by atoms with Gasteiger partial charge in [-0.2, -0.15) is 0 Å². The normalized spacial score (nSPS) is 10.1. The summed E-state index contributed by atoms with van der Waals surface area (Å²) in [4.78, 5) is 15.8. The van der Waals surface area contributed by atoms with Gasteiger partial charge >= 0.3 is 0 Å². The van der Waals surface area contributed by atoms with Crippen LogP contribution in [-0.2, 0) is 6.54 Å². The number of pyridine rings is 1. The fraction of sp³-hybridized carbons (Fsp3) is 0.0769. The van der Waals surface area contributed by atoms with Gasteiger partial charge in [0.1, 0.15) is 0 Å². The Labute approximate surface area is 113 Å². The Bertz CT molecular complexity index is 572. The third-order valence-electron chi connectivity index (χ3n) is 2.37. The molecule has 0 fully saturated rings. The molecule has 92 valence electrons. The van der Waals surface area contributed by atoms with Crippen molar-refractivity contribution in [2.45, 2.75) is 6.54 Å². The maximum absolute atomic E-state index is 11.9. The highest BCUT2D eigenvalue weighted by atomic mass is 79.9. The molecule has 0 atom stereocenters. The van der Waals surface area contributed by atoms with Crippen LogP contribution in [0.1, 0.15) is 15.9 Å². The van der Waals surface area contributed by atoms with Gasteiger partial charge in [0.25, 0.3) is 5.91 Å². The van der Waals surface area contributed by atoms with E-state index in [1.165, 1.54) is 6.20 Å². The number of nitrogen functional groups attached to an aromatic ring is 1. The van der Waals surface area contributed by atoms with Crippen molar-refractivity contribution in [2.75, 3.05) is 5.73 Å². The van der Waals surface area contributed by atoms with E-state index in [0.717, 1.165) is 10.0 Å². The molecule has 1 heterocycles. The highest BCUT2D eigenvalue weighted by molar-refractivity contribution is 9.10. The summed E-state index contributed by atoms with van der Waals surface area (Å²) < 4.78 is 0.777. The summed E-state index contributed by atoms with van der Waals surface area (Å²) in [6.45, 7) is 0.441. The van der Waals surface area contributed by atoms with E-state index in [1.807, 2.05) is 24.3 Å². The number of benzene rings is 1. The van der Waals surface area contributed by atoms with Gasteiger partial charge in [-0.25, -0.2) is 0 Å². The summed E-state index contributed by atoms with van der Waals surface area (Å²) in [5.74, 6) is -0.161. The molecule has 1 aromatic heterocycles. The number of hydrogen-bond donors (Lipinski definition) is 2. The number of nitrogens with one attached hydrogen (secondary N) is 1. The first-order chi connectivity index (χ1) is 8.65. The second kappa shape index (κ2) is 5.64. The summed E-state index contributed by atoms with van der Waals surface area (Å²) >= 11 is 3.28. The van der Waals surface area contributed by atoms with E-state index in [9.17, 15) is 4.79 Å². The molecule has 0 saturated carbocycles. The van der Waals surface area contributed by atoms with Crippen LogP contribution in [0.25, 0.3) is 0 Å². The fourth-order valence-corrected chi connectivity index (χ4v) is 1.89. The van der Waals surface area contributed by atoms with Gasteiger partial charge in [0.05, 0.1) is 5.56 Å². The van der Waals surface area contributed by atoms with Crippen molar-refractivity contribution in [2.24, 2.45) is 0 Å². The Kier molecular flexibility index (Phi) is 3.94. The van der Waals surface area contributed by atoms with Gasteiger partial charge in [0.15, 0.2) is 0 Å². The van der Waals surface area contributed by atoms with E-state index in [-0.39, 0.29) is 5.91 Å². The lowest BCUT2D eigenvalue weighted by Crippen LogP contribution is -2.22. The maximum atomic E-state index is 11.9. The predicted octanol–water partition coefficient (Wildman–Crippen LogP) is 2.36. The lowest BCUT2D eigenvalue weighted by Gasteiger charge is -2.06. The molecule has 2 aromatic rings. The number of carbonyl (C=O) groups is 1. The molecule has 0 aliphatic heterocycles. The van der Waals surface area contributed by atoms with Crippen molar-refractivity contribution in [1.29, 1.82) is 0 Å². The van der Waals surface area contributed by atoms with Crippen LogP contribution in [0, 0.1) is 0 Å². The molecule has 0 unspecified atom stereocenters. The highest BCUT2D eigenvalue weighted by Gasteiger charge is 2.06. The first kappa shape index (κ1) is 12.6. The summed E-state index contributed by atoms with van der Waals surface area (Å²) in [7, 11) is 0. The molecule has 1 amide bonds. The minimum Gasteiger partial charge on any atom is -0.399 e. The Morgan fingerprint density at radius 2 is 2.17 bits per heavy atom. The van der Waals surface area contributed by atoms with Crippen LogP contribution in [0.3, 0.4) is 0 Å². The minimum atomic E-state index is -0.161. The van der Waals surface area contributed by atoms with Crippen molar-refractivity contribution >= 4 is 27.5 Å². The van der Waals surface area contributed by atoms with Gasteiger partial charge < -0.3 is 11.1 Å². The van der Waals surface area contributed by atoms with Gasteiger partial charge in [0.2, 0.25) is 0 Å². The van der Waals surface area contributed by atoms with Gasteiger partial charge in [-0.1, -0.05) is 12.1 Å². The van der Waals surface area contributed by atoms with E-state index >= 15 is 0 Å². The van der Waals surface area contributed by atoms with Gasteiger partial charge in [-0.15, -0.1) is 0 Å². The number of rotatable bonds is 3. The van der Waals surface area contributed by atoms with E-state index in [1.54, 1.807) is 12.3 Å². The molecule has 0 aliphatic carbocycles. The molecule has 0 spiro atoms. The number of nitrogens with two attached hydrogens (primary N) is 1. The van der Waals surface area contributed by atoms with Crippen molar-refractivity contribution in [3.8, 4) is 0 Å². The Hall–Kier alpha value is -1.88. The quantitative estimate of drug-likeness (QED) is 0.855. The lowest BCUT2D eigenvalue weighted by atomic mass is 10.2. The lowest BCUT2D eigenvalue weighted by molar-refractivity contribution is 0.0950. The second-order valence-corrected chi connectivity index (χ2v) is 4.74. The molecule has 2 rings (SSSR count). The van der Waals surface area contributed by atoms with Crippen LogP contribution >= 0.6 is 15.9 Å². The van der Waals surface area contributed by atoms with Crippen LogP contribution in [0.4, 0.5) is 5.69 Å². The summed E-state index contributed by atoms with van der Waals surface area (Å²) in [6.07, 6.45) is 3.16. The molecule has 18 heavy (non-hydrogen) atoms. The number of amides is 1. The third-order valence-corrected chi connectivity index (χ3v) is 2.80. The molecule has 0 saturated heterocycles. The van der Waals surface area contributed by atoms with Crippen LogP contribution in [-0.4, -0.2) is 10.9 Å². The molecular weight excluding hydrogens is 294 g/mol. The number of hydrogen-bond acceptors (Lipinski definition) is 3. The van der Waals surface area contributed by atoms with Crippen molar-refractivity contribution < 1.29 is 4.79 Å². The van der Waals surface area contributed by atoms with Gasteiger partial charge in [-0.3, -0.25) is 9.78 Å². The average Bonchev–Trinajstić information content (AvgIpc) is 2.36. The summed E-state index contributed by atoms with van der Waals surface area (Å²) in [5, 5.41) is 2.81. The Morgan fingerprint density at radius 1 is 1.33 bits per heavy atom. The van der Waals surface area contributed by atoms with Crippen molar-refractivity contribution in [3.63, 3.8) is 0 Å². The van der Waals surface area contributed by atoms with Crippen LogP contribution in [0.2, 0.25) is 0 Å². The number of halogens is 1. The third kappa shape index (κ3) is 3.30. The fourth-order valence-electron chi connectivity index (χ4n) is 1.52. The first-order valence-electron chi connectivity index (χ1n) is 5.38. The standard InChI is InChI=1S/C13H12BrN3O/c14-11-5-10(7-16-8-11)13(18)17-6-9-2-1-3-12(15)4-9/h1-5,7-8H,6,15H2,(H,17,18). The van der Waals surface area contributed by atoms with Crippen molar-refractivity contribution in [3.05, 3.63) is 58.3 Å². The van der Waals surface area contributed by atoms with E-state index in [0.29, 0.717) is 17.8 Å². The van der Waals surface area contributed by atoms with Crippen LogP contribution < -0.4 is 11.1 Å². The molecule has 0 radical (unpaired) electrons. The minimum absolute atomic E-state index is 0.161. The largest absolute Gasteiger partial charge is 0.399 e. The SMILES string of the molecule is Nc1cccc(CNC(=O)c2cncc(Br)c2)c1. The summed E-state index contributed by atoms with van der Waals surface area (Å²) in [6, 6.07) is 9.14. The molecule has 4 nitrogen and oxygen atoms in total. The second-order valence-electron chi connectivity index (χ2n) is 3.82. The monoisotopic (exact) mass is 305 g/mol. The van der Waals surface area contributed by atoms with Crippen LogP contribution in [0.15, 0.2) is 47.2 Å². The number of carbonyl (C=O) groups excluding carboxylic acids is 1. The maximum Gasteiger partial charge on any atom is 0.253 e. The molecule has 1 aromatic carbocycles. The zero-order valence-corrected chi connectivity index (χ0v) is 11.1. The van der Waals surface area contributed by atoms with Crippen LogP contribution in [0.5, 0.6) is 0 Å². The van der Waals surface area contributed by atoms with E-state index < -0.39 is 0 Å². The predicted molar refractivity (Wildman–Crippen MR) is 74.0 cm³/mol. The molecule has 3 N–H and O–H groups in total.